The van der Waals surface area contributed by atoms with Gasteiger partial charge in [-0.05, 0) is 48.5 Å². The Balaban J connectivity index is 1.42. The van der Waals surface area contributed by atoms with Crippen LogP contribution in [0.15, 0.2) is 48.5 Å². The number of hydrogen-bond acceptors (Lipinski definition) is 6. The summed E-state index contributed by atoms with van der Waals surface area (Å²) in [7, 11) is -0.264. The first-order chi connectivity index (χ1) is 14.9. The number of carbonyl (C=O) groups excluding carboxylic acids is 1. The van der Waals surface area contributed by atoms with Crippen molar-refractivity contribution in [2.24, 2.45) is 0 Å². The van der Waals surface area contributed by atoms with Crippen molar-refractivity contribution in [2.45, 2.75) is 0 Å². The van der Waals surface area contributed by atoms with E-state index in [1.807, 2.05) is 24.3 Å². The van der Waals surface area contributed by atoms with E-state index < -0.39 is 16.1 Å². The summed E-state index contributed by atoms with van der Waals surface area (Å²) in [6.07, 6.45) is 0. The topological polar surface area (TPSA) is 100 Å². The largest absolute Gasteiger partial charge is 0.497 e. The number of hydrogen-bond donors (Lipinski definition) is 2. The van der Waals surface area contributed by atoms with Gasteiger partial charge in [0.05, 0.1) is 20.0 Å². The normalized spacial score (nSPS) is 14.7. The molecule has 2 aromatic carbocycles. The molecular formula is C21H28N4O5S. The van der Waals surface area contributed by atoms with Crippen LogP contribution in [-0.2, 0) is 10.0 Å². The number of methoxy groups -OCH3 is 2. The number of anilines is 2. The van der Waals surface area contributed by atoms with Gasteiger partial charge in [0.2, 0.25) is 10.0 Å². The summed E-state index contributed by atoms with van der Waals surface area (Å²) in [6.45, 7) is 2.07. The lowest BCUT2D eigenvalue weighted by Gasteiger charge is -2.35. The van der Waals surface area contributed by atoms with Crippen LogP contribution >= 0.6 is 0 Å². The standard InChI is InChI=1S/C21H28N4O5S/c1-29-19-7-3-17(4-8-19)23-21(26)22-11-16-31(27,28)25-14-12-24(13-15-25)18-5-9-20(30-2)10-6-18/h3-10H,11-16H2,1-2H3,(H2,22,23,26). The molecule has 1 aliphatic heterocycles. The molecule has 0 unspecified atom stereocenters. The fraction of sp³-hybridized carbons (Fsp3) is 0.381. The Bertz CT molecular complexity index is 956. The molecule has 0 aromatic heterocycles. The number of carbonyl (C=O) groups is 1. The van der Waals surface area contributed by atoms with E-state index in [-0.39, 0.29) is 12.3 Å². The number of benzene rings is 2. The van der Waals surface area contributed by atoms with Crippen molar-refractivity contribution in [1.82, 2.24) is 9.62 Å². The van der Waals surface area contributed by atoms with E-state index in [2.05, 4.69) is 15.5 Å². The fourth-order valence-corrected chi connectivity index (χ4v) is 4.63. The lowest BCUT2D eigenvalue weighted by molar-refractivity contribution is 0.252. The Morgan fingerprint density at radius 3 is 2.00 bits per heavy atom. The smallest absolute Gasteiger partial charge is 0.319 e. The Kier molecular flexibility index (Phi) is 7.59. The second-order valence-electron chi connectivity index (χ2n) is 7.01. The Labute approximate surface area is 183 Å². The highest BCUT2D eigenvalue weighted by molar-refractivity contribution is 7.89. The van der Waals surface area contributed by atoms with E-state index in [1.54, 1.807) is 38.5 Å². The van der Waals surface area contributed by atoms with Gasteiger partial charge >= 0.3 is 6.03 Å². The molecule has 1 heterocycles. The van der Waals surface area contributed by atoms with Crippen LogP contribution in [0.4, 0.5) is 16.2 Å². The van der Waals surface area contributed by atoms with Gasteiger partial charge in [0.25, 0.3) is 0 Å². The first-order valence-electron chi connectivity index (χ1n) is 9.97. The van der Waals surface area contributed by atoms with Crippen molar-refractivity contribution in [1.29, 1.82) is 0 Å². The highest BCUT2D eigenvalue weighted by Crippen LogP contribution is 2.21. The molecule has 3 rings (SSSR count). The second kappa shape index (κ2) is 10.4. The molecule has 2 amide bonds. The van der Waals surface area contributed by atoms with Gasteiger partial charge in [-0.25, -0.2) is 13.2 Å². The van der Waals surface area contributed by atoms with Crippen molar-refractivity contribution >= 4 is 27.4 Å². The maximum Gasteiger partial charge on any atom is 0.319 e. The third kappa shape index (κ3) is 6.25. The van der Waals surface area contributed by atoms with Crippen LogP contribution in [0.3, 0.4) is 0 Å². The lowest BCUT2D eigenvalue weighted by Crippen LogP contribution is -2.50. The maximum atomic E-state index is 12.6. The third-order valence-corrected chi connectivity index (χ3v) is 6.94. The van der Waals surface area contributed by atoms with Gasteiger partial charge in [-0.15, -0.1) is 0 Å². The SMILES string of the molecule is COc1ccc(NC(=O)NCCS(=O)(=O)N2CCN(c3ccc(OC)cc3)CC2)cc1. The minimum absolute atomic E-state index is 0.0308. The van der Waals surface area contributed by atoms with E-state index in [1.165, 1.54) is 4.31 Å². The number of nitrogens with one attached hydrogen (secondary N) is 2. The van der Waals surface area contributed by atoms with Gasteiger partial charge in [-0.2, -0.15) is 4.31 Å². The van der Waals surface area contributed by atoms with Crippen molar-refractivity contribution in [3.05, 3.63) is 48.5 Å². The summed E-state index contributed by atoms with van der Waals surface area (Å²) in [5.74, 6) is 1.32. The van der Waals surface area contributed by atoms with Gasteiger partial charge < -0.3 is 25.0 Å². The zero-order chi connectivity index (χ0) is 22.3. The molecule has 168 valence electrons. The maximum absolute atomic E-state index is 12.6. The second-order valence-corrected chi connectivity index (χ2v) is 9.10. The van der Waals surface area contributed by atoms with Gasteiger partial charge in [0, 0.05) is 44.1 Å². The summed E-state index contributed by atoms with van der Waals surface area (Å²) in [4.78, 5) is 14.1. The predicted molar refractivity (Wildman–Crippen MR) is 121 cm³/mol. The van der Waals surface area contributed by atoms with Crippen molar-refractivity contribution in [2.75, 3.05) is 62.9 Å². The molecule has 31 heavy (non-hydrogen) atoms. The van der Waals surface area contributed by atoms with Crippen molar-refractivity contribution in [3.63, 3.8) is 0 Å². The summed E-state index contributed by atoms with van der Waals surface area (Å²) < 4.78 is 37.0. The van der Waals surface area contributed by atoms with E-state index >= 15 is 0 Å². The van der Waals surface area contributed by atoms with Gasteiger partial charge in [-0.3, -0.25) is 0 Å². The number of ether oxygens (including phenoxy) is 2. The quantitative estimate of drug-likeness (QED) is 0.641. The number of nitrogens with zero attached hydrogens (tertiary/aromatic N) is 2. The molecule has 0 saturated carbocycles. The lowest BCUT2D eigenvalue weighted by atomic mass is 10.2. The van der Waals surface area contributed by atoms with Gasteiger partial charge in [0.1, 0.15) is 11.5 Å². The minimum atomic E-state index is -3.45. The first kappa shape index (κ1) is 22.7. The van der Waals surface area contributed by atoms with Crippen molar-refractivity contribution < 1.29 is 22.7 Å². The fourth-order valence-electron chi connectivity index (χ4n) is 3.29. The van der Waals surface area contributed by atoms with E-state index in [4.69, 9.17) is 9.47 Å². The minimum Gasteiger partial charge on any atom is -0.497 e. The molecule has 1 aliphatic rings. The molecule has 10 heteroatoms. The molecule has 2 N–H and O–H groups in total. The molecule has 0 aliphatic carbocycles. The van der Waals surface area contributed by atoms with Crippen LogP contribution in [0.25, 0.3) is 0 Å². The third-order valence-electron chi connectivity index (χ3n) is 5.06. The highest BCUT2D eigenvalue weighted by atomic mass is 32.2. The highest BCUT2D eigenvalue weighted by Gasteiger charge is 2.26. The number of sulfonamides is 1. The summed E-state index contributed by atoms with van der Waals surface area (Å²) >= 11 is 0. The van der Waals surface area contributed by atoms with Crippen LogP contribution in [-0.4, -0.2) is 71.5 Å². The Morgan fingerprint density at radius 1 is 0.903 bits per heavy atom. The van der Waals surface area contributed by atoms with Crippen LogP contribution in [0, 0.1) is 0 Å². The molecule has 0 radical (unpaired) electrons. The zero-order valence-corrected chi connectivity index (χ0v) is 18.5. The average molecular weight is 449 g/mol. The molecule has 0 atom stereocenters. The molecular weight excluding hydrogens is 420 g/mol. The molecule has 9 nitrogen and oxygen atoms in total. The van der Waals surface area contributed by atoms with Gasteiger partial charge in [-0.1, -0.05) is 0 Å². The van der Waals surface area contributed by atoms with Crippen LogP contribution in [0.2, 0.25) is 0 Å². The number of amides is 2. The van der Waals surface area contributed by atoms with Crippen LogP contribution in [0.5, 0.6) is 11.5 Å². The molecule has 0 spiro atoms. The average Bonchev–Trinajstić information content (AvgIpc) is 2.79. The monoisotopic (exact) mass is 448 g/mol. The van der Waals surface area contributed by atoms with E-state index in [9.17, 15) is 13.2 Å². The molecule has 0 bridgehead atoms. The van der Waals surface area contributed by atoms with Gasteiger partial charge in [0.15, 0.2) is 0 Å². The van der Waals surface area contributed by atoms with Crippen LogP contribution < -0.4 is 25.0 Å². The molecule has 1 saturated heterocycles. The van der Waals surface area contributed by atoms with Crippen molar-refractivity contribution in [3.8, 4) is 11.5 Å². The summed E-state index contributed by atoms with van der Waals surface area (Å²) in [5, 5.41) is 5.25. The van der Waals surface area contributed by atoms with E-state index in [0.717, 1.165) is 11.4 Å². The number of rotatable bonds is 8. The number of piperazine rings is 1. The molecule has 1 fully saturated rings. The van der Waals surface area contributed by atoms with E-state index in [0.29, 0.717) is 37.6 Å². The summed E-state index contributed by atoms with van der Waals surface area (Å²) in [5.41, 5.74) is 1.63. The summed E-state index contributed by atoms with van der Waals surface area (Å²) in [6, 6.07) is 14.1. The number of urea groups is 1. The zero-order valence-electron chi connectivity index (χ0n) is 17.7. The predicted octanol–water partition coefficient (Wildman–Crippen LogP) is 1.98. The first-order valence-corrected chi connectivity index (χ1v) is 11.6. The molecule has 2 aromatic rings. The Hall–Kier alpha value is -2.98. The Morgan fingerprint density at radius 2 is 1.45 bits per heavy atom. The van der Waals surface area contributed by atoms with Crippen LogP contribution in [0.1, 0.15) is 0 Å².